The molecule has 1 aliphatic rings. The molecule has 0 saturated heterocycles. The average Bonchev–Trinajstić information content (AvgIpc) is 3.35. The highest BCUT2D eigenvalue weighted by Gasteiger charge is 2.17. The summed E-state index contributed by atoms with van der Waals surface area (Å²) in [6, 6.07) is 8.40. The van der Waals surface area contributed by atoms with E-state index in [-0.39, 0.29) is 17.4 Å². The molecule has 10 heteroatoms. The van der Waals surface area contributed by atoms with Gasteiger partial charge in [0.2, 0.25) is 0 Å². The first-order valence-electron chi connectivity index (χ1n) is 10.7. The van der Waals surface area contributed by atoms with Gasteiger partial charge in [-0.25, -0.2) is 14.4 Å². The van der Waals surface area contributed by atoms with Gasteiger partial charge in [0.1, 0.15) is 18.3 Å². The second-order valence-electron chi connectivity index (χ2n) is 7.28. The van der Waals surface area contributed by atoms with Crippen molar-refractivity contribution in [2.45, 2.75) is 19.8 Å². The van der Waals surface area contributed by atoms with Crippen LogP contribution in [0.2, 0.25) is 0 Å². The molecule has 1 amide bonds. The number of fused-ring (bicyclic) bond motifs is 1. The number of pyridine rings is 2. The third-order valence-electron chi connectivity index (χ3n) is 5.12. The van der Waals surface area contributed by atoms with E-state index in [9.17, 15) is 9.18 Å². The first kappa shape index (κ1) is 22.3. The molecule has 9 nitrogen and oxygen atoms in total. The van der Waals surface area contributed by atoms with Crippen LogP contribution in [0.1, 0.15) is 30.1 Å². The number of nitrogens with zero attached hydrogens (tertiary/aromatic N) is 3. The molecule has 4 rings (SSSR count). The van der Waals surface area contributed by atoms with E-state index in [1.54, 1.807) is 24.3 Å². The molecular weight excluding hydrogens is 427 g/mol. The number of carbonyl (C=O) groups excluding carboxylic acids is 1. The molecule has 0 aliphatic carbocycles. The normalized spacial score (nSPS) is 12.6. The van der Waals surface area contributed by atoms with E-state index in [4.69, 9.17) is 9.47 Å². The van der Waals surface area contributed by atoms with Crippen molar-refractivity contribution >= 4 is 22.6 Å². The number of nitrogens with one attached hydrogen (secondary N) is 3. The van der Waals surface area contributed by atoms with Crippen molar-refractivity contribution in [3.8, 4) is 22.9 Å². The smallest absolute Gasteiger partial charge is 0.251 e. The fourth-order valence-corrected chi connectivity index (χ4v) is 3.54. The molecule has 2 aromatic heterocycles. The second-order valence-corrected chi connectivity index (χ2v) is 7.28. The van der Waals surface area contributed by atoms with Gasteiger partial charge in [0, 0.05) is 41.7 Å². The van der Waals surface area contributed by atoms with E-state index in [0.29, 0.717) is 42.3 Å². The van der Waals surface area contributed by atoms with Crippen molar-refractivity contribution in [1.82, 2.24) is 26.0 Å². The Balaban J connectivity index is 1.59. The van der Waals surface area contributed by atoms with E-state index in [0.717, 1.165) is 24.1 Å². The second kappa shape index (κ2) is 10.1. The van der Waals surface area contributed by atoms with Crippen molar-refractivity contribution < 1.29 is 18.7 Å². The lowest BCUT2D eigenvalue weighted by Crippen LogP contribution is -2.26. The summed E-state index contributed by atoms with van der Waals surface area (Å²) in [5, 5.41) is 10.9. The Morgan fingerprint density at radius 3 is 2.91 bits per heavy atom. The molecule has 0 radical (unpaired) electrons. The average molecular weight is 452 g/mol. The number of rotatable bonds is 9. The number of amidine groups is 1. The fourth-order valence-electron chi connectivity index (χ4n) is 3.54. The predicted octanol–water partition coefficient (Wildman–Crippen LogP) is 2.82. The van der Waals surface area contributed by atoms with Gasteiger partial charge in [0.25, 0.3) is 11.8 Å². The van der Waals surface area contributed by atoms with Gasteiger partial charge in [-0.05, 0) is 37.6 Å². The van der Waals surface area contributed by atoms with Crippen LogP contribution in [0.25, 0.3) is 22.2 Å². The van der Waals surface area contributed by atoms with Gasteiger partial charge < -0.3 is 20.1 Å². The molecule has 1 aromatic carbocycles. The standard InChI is InChI=1S/C23H25FN6O3/c1-3-33-19-12-18(16-8-10-26-23(32-2)21(16)24)29-17-11-14(6-7-15(17)19)22(31)25-9-4-5-20-27-13-28-30-20/h6-8,10-12,28H,3-5,9,13H2,1-2H3,(H,25,31)(H,27,30). The van der Waals surface area contributed by atoms with Crippen LogP contribution in [-0.2, 0) is 0 Å². The summed E-state index contributed by atoms with van der Waals surface area (Å²) in [6.45, 7) is 3.44. The molecule has 0 spiro atoms. The fraction of sp³-hybridized carbons (Fsp3) is 0.304. The van der Waals surface area contributed by atoms with Gasteiger partial charge in [0.15, 0.2) is 5.82 Å². The molecule has 172 valence electrons. The van der Waals surface area contributed by atoms with E-state index in [1.807, 2.05) is 6.92 Å². The van der Waals surface area contributed by atoms with E-state index < -0.39 is 5.82 Å². The SMILES string of the molecule is CCOc1cc(-c2ccnc(OC)c2F)nc2cc(C(=O)NCCCC3=NNCN3)ccc12. The van der Waals surface area contributed by atoms with Crippen LogP contribution in [0.5, 0.6) is 11.6 Å². The Morgan fingerprint density at radius 2 is 2.15 bits per heavy atom. The lowest BCUT2D eigenvalue weighted by molar-refractivity contribution is 0.0953. The van der Waals surface area contributed by atoms with Gasteiger partial charge in [0.05, 0.1) is 24.9 Å². The highest BCUT2D eigenvalue weighted by atomic mass is 19.1. The summed E-state index contributed by atoms with van der Waals surface area (Å²) >= 11 is 0. The zero-order valence-electron chi connectivity index (χ0n) is 18.4. The van der Waals surface area contributed by atoms with Gasteiger partial charge >= 0.3 is 0 Å². The first-order valence-corrected chi connectivity index (χ1v) is 10.7. The molecule has 0 unspecified atom stereocenters. The summed E-state index contributed by atoms with van der Waals surface area (Å²) in [5.41, 5.74) is 4.42. The van der Waals surface area contributed by atoms with Crippen LogP contribution in [0, 0.1) is 5.82 Å². The van der Waals surface area contributed by atoms with Gasteiger partial charge in [-0.1, -0.05) is 0 Å². The lowest BCUT2D eigenvalue weighted by atomic mass is 10.1. The van der Waals surface area contributed by atoms with Gasteiger partial charge in [-0.2, -0.15) is 5.10 Å². The summed E-state index contributed by atoms with van der Waals surface area (Å²) in [5.74, 6) is 0.501. The third kappa shape index (κ3) is 4.94. The lowest BCUT2D eigenvalue weighted by Gasteiger charge is -2.13. The molecule has 3 N–H and O–H groups in total. The van der Waals surface area contributed by atoms with E-state index in [2.05, 4.69) is 31.1 Å². The molecule has 0 fully saturated rings. The Morgan fingerprint density at radius 1 is 1.27 bits per heavy atom. The Labute approximate surface area is 190 Å². The highest BCUT2D eigenvalue weighted by molar-refractivity contribution is 5.99. The van der Waals surface area contributed by atoms with Crippen molar-refractivity contribution in [3.63, 3.8) is 0 Å². The first-order chi connectivity index (χ1) is 16.1. The predicted molar refractivity (Wildman–Crippen MR) is 123 cm³/mol. The third-order valence-corrected chi connectivity index (χ3v) is 5.12. The Bertz CT molecular complexity index is 1200. The number of hydrazone groups is 1. The quantitative estimate of drug-likeness (QED) is 0.428. The Kier molecular flexibility index (Phi) is 6.82. The number of methoxy groups -OCH3 is 1. The molecule has 1 aliphatic heterocycles. The maximum Gasteiger partial charge on any atom is 0.251 e. The molecule has 0 atom stereocenters. The van der Waals surface area contributed by atoms with Crippen molar-refractivity contribution in [3.05, 3.63) is 47.9 Å². The molecule has 3 heterocycles. The molecule has 33 heavy (non-hydrogen) atoms. The zero-order valence-corrected chi connectivity index (χ0v) is 18.4. The minimum atomic E-state index is -0.611. The van der Waals surface area contributed by atoms with Crippen LogP contribution in [0.4, 0.5) is 4.39 Å². The van der Waals surface area contributed by atoms with Crippen molar-refractivity contribution in [2.75, 3.05) is 26.9 Å². The molecule has 3 aromatic rings. The number of benzene rings is 1. The largest absolute Gasteiger partial charge is 0.493 e. The summed E-state index contributed by atoms with van der Waals surface area (Å²) in [6.07, 6.45) is 2.96. The number of hydrogen-bond acceptors (Lipinski definition) is 8. The highest BCUT2D eigenvalue weighted by Crippen LogP contribution is 2.33. The summed E-state index contributed by atoms with van der Waals surface area (Å²) < 4.78 is 25.6. The van der Waals surface area contributed by atoms with Crippen molar-refractivity contribution in [1.29, 1.82) is 0 Å². The van der Waals surface area contributed by atoms with Crippen LogP contribution in [0.15, 0.2) is 41.6 Å². The summed E-state index contributed by atoms with van der Waals surface area (Å²) in [7, 11) is 1.36. The van der Waals surface area contributed by atoms with Gasteiger partial charge in [-0.15, -0.1) is 0 Å². The summed E-state index contributed by atoms with van der Waals surface area (Å²) in [4.78, 5) is 21.2. The number of halogens is 1. The van der Waals surface area contributed by atoms with Gasteiger partial charge in [-0.3, -0.25) is 10.2 Å². The minimum absolute atomic E-state index is 0.116. The van der Waals surface area contributed by atoms with Crippen LogP contribution < -0.4 is 25.5 Å². The van der Waals surface area contributed by atoms with Crippen LogP contribution in [0.3, 0.4) is 0 Å². The number of ether oxygens (including phenoxy) is 2. The molecular formula is C23H25FN6O3. The maximum absolute atomic E-state index is 14.8. The van der Waals surface area contributed by atoms with Crippen molar-refractivity contribution in [2.24, 2.45) is 5.10 Å². The number of carbonyl (C=O) groups is 1. The number of amides is 1. The monoisotopic (exact) mass is 452 g/mol. The molecule has 0 bridgehead atoms. The number of hydrogen-bond donors (Lipinski definition) is 3. The number of aromatic nitrogens is 2. The van der Waals surface area contributed by atoms with Crippen LogP contribution >= 0.6 is 0 Å². The topological polar surface area (TPSA) is 110 Å². The molecule has 0 saturated carbocycles. The minimum Gasteiger partial charge on any atom is -0.493 e. The van der Waals surface area contributed by atoms with E-state index >= 15 is 0 Å². The van der Waals surface area contributed by atoms with Crippen LogP contribution in [-0.4, -0.2) is 48.6 Å². The van der Waals surface area contributed by atoms with E-state index in [1.165, 1.54) is 19.4 Å². The Hall–Kier alpha value is -3.95. The zero-order chi connectivity index (χ0) is 23.2. The maximum atomic E-state index is 14.8.